The largest absolute Gasteiger partial charge is 0.462 e. The zero-order valence-electron chi connectivity index (χ0n) is 12.9. The number of pyridine rings is 1. The summed E-state index contributed by atoms with van der Waals surface area (Å²) in [5.74, 6) is -0.396. The monoisotopic (exact) mass is 313 g/mol. The number of rotatable bonds is 6. The van der Waals surface area contributed by atoms with Gasteiger partial charge in [0, 0.05) is 17.1 Å². The molecule has 0 saturated heterocycles. The van der Waals surface area contributed by atoms with Gasteiger partial charge in [0.2, 0.25) is 0 Å². The van der Waals surface area contributed by atoms with Crippen LogP contribution in [0.4, 0.5) is 10.5 Å². The molecule has 0 aliphatic carbocycles. The maximum absolute atomic E-state index is 11.9. The second-order valence-corrected chi connectivity index (χ2v) is 5.08. The van der Waals surface area contributed by atoms with Gasteiger partial charge in [-0.1, -0.05) is 6.07 Å². The van der Waals surface area contributed by atoms with Crippen molar-refractivity contribution in [3.63, 3.8) is 0 Å². The molecule has 6 heteroatoms. The number of carbonyl (C=O) groups excluding carboxylic acids is 2. The lowest BCUT2D eigenvalue weighted by atomic mass is 10.2. The highest BCUT2D eigenvalue weighted by atomic mass is 16.5. The zero-order chi connectivity index (χ0) is 16.7. The lowest BCUT2D eigenvalue weighted by Crippen LogP contribution is -2.19. The number of hydrogen-bond acceptors (Lipinski definition) is 4. The highest BCUT2D eigenvalue weighted by Crippen LogP contribution is 2.10. The number of anilines is 1. The van der Waals surface area contributed by atoms with Crippen LogP contribution in [0, 0.1) is 6.92 Å². The molecule has 0 radical (unpaired) electrons. The normalized spacial score (nSPS) is 10.1. The third-order valence-corrected chi connectivity index (χ3v) is 3.14. The van der Waals surface area contributed by atoms with E-state index in [1.807, 2.05) is 25.1 Å². The molecule has 6 nitrogen and oxygen atoms in total. The minimum Gasteiger partial charge on any atom is -0.462 e. The smallest absolute Gasteiger partial charge is 0.338 e. The molecule has 0 spiro atoms. The molecule has 0 aliphatic heterocycles. The van der Waals surface area contributed by atoms with Crippen molar-refractivity contribution in [3.05, 3.63) is 59.4 Å². The average molecular weight is 313 g/mol. The number of esters is 1. The first kappa shape index (κ1) is 16.5. The van der Waals surface area contributed by atoms with Crippen LogP contribution in [-0.4, -0.2) is 23.6 Å². The summed E-state index contributed by atoms with van der Waals surface area (Å²) in [6.07, 6.45) is 1.47. The van der Waals surface area contributed by atoms with E-state index < -0.39 is 12.0 Å². The molecular formula is C17H19N3O3. The van der Waals surface area contributed by atoms with Crippen LogP contribution in [0.1, 0.15) is 28.2 Å². The van der Waals surface area contributed by atoms with Gasteiger partial charge in [-0.05, 0) is 56.2 Å². The number of benzene rings is 1. The zero-order valence-corrected chi connectivity index (χ0v) is 12.9. The van der Waals surface area contributed by atoms with Crippen LogP contribution in [0.3, 0.4) is 0 Å². The molecule has 2 aromatic rings. The van der Waals surface area contributed by atoms with Crippen LogP contribution in [0.25, 0.3) is 0 Å². The molecule has 23 heavy (non-hydrogen) atoms. The Bertz CT molecular complexity index is 684. The highest BCUT2D eigenvalue weighted by Gasteiger charge is 2.07. The Morgan fingerprint density at radius 2 is 1.91 bits per heavy atom. The van der Waals surface area contributed by atoms with E-state index in [4.69, 9.17) is 10.5 Å². The number of aryl methyl sites for hydroxylation is 2. The number of urea groups is 1. The summed E-state index contributed by atoms with van der Waals surface area (Å²) in [4.78, 5) is 27.0. The number of carbonyl (C=O) groups is 2. The SMILES string of the molecule is Cc1cccc(CCCOC(=O)c2ccc(NC(N)=O)cc2)n1. The molecule has 3 N–H and O–H groups in total. The van der Waals surface area contributed by atoms with E-state index in [2.05, 4.69) is 10.3 Å². The van der Waals surface area contributed by atoms with Crippen molar-refractivity contribution in [2.45, 2.75) is 19.8 Å². The van der Waals surface area contributed by atoms with Gasteiger partial charge >= 0.3 is 12.0 Å². The number of hydrogen-bond donors (Lipinski definition) is 2. The second kappa shape index (κ2) is 7.93. The van der Waals surface area contributed by atoms with Gasteiger partial charge in [0.15, 0.2) is 0 Å². The Balaban J connectivity index is 1.77. The molecule has 0 saturated carbocycles. The Kier molecular flexibility index (Phi) is 5.68. The molecule has 0 unspecified atom stereocenters. The van der Waals surface area contributed by atoms with Crippen molar-refractivity contribution in [2.75, 3.05) is 11.9 Å². The lowest BCUT2D eigenvalue weighted by molar-refractivity contribution is 0.0500. The number of ether oxygens (including phenoxy) is 1. The van der Waals surface area contributed by atoms with E-state index in [0.29, 0.717) is 24.3 Å². The molecule has 0 atom stereocenters. The Morgan fingerprint density at radius 3 is 2.57 bits per heavy atom. The van der Waals surface area contributed by atoms with Gasteiger partial charge in [-0.25, -0.2) is 9.59 Å². The van der Waals surface area contributed by atoms with E-state index in [1.165, 1.54) is 0 Å². The number of aromatic nitrogens is 1. The number of nitrogens with two attached hydrogens (primary N) is 1. The van der Waals surface area contributed by atoms with Crippen LogP contribution < -0.4 is 11.1 Å². The lowest BCUT2D eigenvalue weighted by Gasteiger charge is -2.06. The van der Waals surface area contributed by atoms with E-state index in [9.17, 15) is 9.59 Å². The molecule has 0 fully saturated rings. The highest BCUT2D eigenvalue weighted by molar-refractivity contribution is 5.91. The molecule has 2 amide bonds. The van der Waals surface area contributed by atoms with Crippen LogP contribution in [0.2, 0.25) is 0 Å². The van der Waals surface area contributed by atoms with Gasteiger partial charge in [-0.15, -0.1) is 0 Å². The third kappa shape index (κ3) is 5.43. The fraction of sp³-hybridized carbons (Fsp3) is 0.235. The van der Waals surface area contributed by atoms with Gasteiger partial charge in [-0.3, -0.25) is 4.98 Å². The van der Waals surface area contributed by atoms with Crippen molar-refractivity contribution in [3.8, 4) is 0 Å². The van der Waals surface area contributed by atoms with Crippen LogP contribution in [0.5, 0.6) is 0 Å². The first-order valence-electron chi connectivity index (χ1n) is 7.31. The first-order valence-corrected chi connectivity index (χ1v) is 7.31. The molecule has 1 aromatic carbocycles. The van der Waals surface area contributed by atoms with Crippen molar-refractivity contribution in [1.29, 1.82) is 0 Å². The standard InChI is InChI=1S/C17H19N3O3/c1-12-4-2-5-14(19-12)6-3-11-23-16(21)13-7-9-15(10-8-13)20-17(18)22/h2,4-5,7-10H,3,6,11H2,1H3,(H3,18,20,22). The Morgan fingerprint density at radius 1 is 1.17 bits per heavy atom. The van der Waals surface area contributed by atoms with E-state index >= 15 is 0 Å². The van der Waals surface area contributed by atoms with Crippen molar-refractivity contribution >= 4 is 17.7 Å². The van der Waals surface area contributed by atoms with Crippen LogP contribution in [-0.2, 0) is 11.2 Å². The van der Waals surface area contributed by atoms with E-state index in [1.54, 1.807) is 24.3 Å². The van der Waals surface area contributed by atoms with E-state index in [-0.39, 0.29) is 0 Å². The summed E-state index contributed by atoms with van der Waals surface area (Å²) in [5.41, 5.74) is 7.93. The third-order valence-electron chi connectivity index (χ3n) is 3.14. The summed E-state index contributed by atoms with van der Waals surface area (Å²) >= 11 is 0. The van der Waals surface area contributed by atoms with Crippen molar-refractivity contribution in [1.82, 2.24) is 4.98 Å². The van der Waals surface area contributed by atoms with Gasteiger partial charge in [0.25, 0.3) is 0 Å². The van der Waals surface area contributed by atoms with Gasteiger partial charge in [0.1, 0.15) is 0 Å². The molecule has 120 valence electrons. The summed E-state index contributed by atoms with van der Waals surface area (Å²) in [5, 5.41) is 2.43. The Labute approximate surface area is 134 Å². The summed E-state index contributed by atoms with van der Waals surface area (Å²) in [6, 6.07) is 11.6. The molecule has 0 bridgehead atoms. The maximum Gasteiger partial charge on any atom is 0.338 e. The number of amides is 2. The fourth-order valence-electron chi connectivity index (χ4n) is 2.07. The molecule has 1 aromatic heterocycles. The van der Waals surface area contributed by atoms with Gasteiger partial charge in [-0.2, -0.15) is 0 Å². The minimum absolute atomic E-state index is 0.329. The van der Waals surface area contributed by atoms with Gasteiger partial charge < -0.3 is 15.8 Å². The van der Waals surface area contributed by atoms with Crippen molar-refractivity contribution in [2.24, 2.45) is 5.73 Å². The molecule has 0 aliphatic rings. The molecule has 1 heterocycles. The summed E-state index contributed by atoms with van der Waals surface area (Å²) in [7, 11) is 0. The summed E-state index contributed by atoms with van der Waals surface area (Å²) < 4.78 is 5.22. The van der Waals surface area contributed by atoms with Crippen LogP contribution in [0.15, 0.2) is 42.5 Å². The van der Waals surface area contributed by atoms with Gasteiger partial charge in [0.05, 0.1) is 12.2 Å². The fourth-order valence-corrected chi connectivity index (χ4v) is 2.07. The second-order valence-electron chi connectivity index (χ2n) is 5.08. The number of nitrogens with one attached hydrogen (secondary N) is 1. The average Bonchev–Trinajstić information content (AvgIpc) is 2.51. The quantitative estimate of drug-likeness (QED) is 0.633. The topological polar surface area (TPSA) is 94.3 Å². The molecule has 2 rings (SSSR count). The minimum atomic E-state index is -0.648. The summed E-state index contributed by atoms with van der Waals surface area (Å²) in [6.45, 7) is 2.27. The van der Waals surface area contributed by atoms with E-state index in [0.717, 1.165) is 17.8 Å². The first-order chi connectivity index (χ1) is 11.0. The number of nitrogens with zero attached hydrogens (tertiary/aromatic N) is 1. The Hall–Kier alpha value is -2.89. The van der Waals surface area contributed by atoms with Crippen LogP contribution >= 0.6 is 0 Å². The predicted octanol–water partition coefficient (Wildman–Crippen LogP) is 2.67. The predicted molar refractivity (Wildman–Crippen MR) is 87.2 cm³/mol. The maximum atomic E-state index is 11.9. The molecular weight excluding hydrogens is 294 g/mol. The van der Waals surface area contributed by atoms with Crippen molar-refractivity contribution < 1.29 is 14.3 Å². The number of primary amides is 1.